The third kappa shape index (κ3) is 2.09. The van der Waals surface area contributed by atoms with Crippen molar-refractivity contribution >= 4 is 18.5 Å². The van der Waals surface area contributed by atoms with Crippen molar-refractivity contribution in [3.63, 3.8) is 0 Å². The molecule has 106 valence electrons. The van der Waals surface area contributed by atoms with Crippen LogP contribution < -0.4 is 4.74 Å². The van der Waals surface area contributed by atoms with Crippen molar-refractivity contribution in [3.05, 3.63) is 24.3 Å². The van der Waals surface area contributed by atoms with E-state index in [0.717, 1.165) is 23.6 Å². The average Bonchev–Trinajstić information content (AvgIpc) is 2.83. The highest BCUT2D eigenvalue weighted by Crippen LogP contribution is 2.43. The number of hydrogen-bond donors (Lipinski definition) is 1. The molecule has 0 aliphatic carbocycles. The first-order valence-electron chi connectivity index (χ1n) is 7.18. The summed E-state index contributed by atoms with van der Waals surface area (Å²) in [7, 11) is 0. The Morgan fingerprint density at radius 3 is 2.90 bits per heavy atom. The molecule has 4 nitrogen and oxygen atoms in total. The largest absolute Gasteiger partial charge is 0.440 e. The van der Waals surface area contributed by atoms with Crippen LogP contribution in [-0.4, -0.2) is 36.0 Å². The summed E-state index contributed by atoms with van der Waals surface area (Å²) >= 11 is 4.32. The minimum absolute atomic E-state index is 0.135. The number of oxime groups is 1. The SMILES string of the molecule is Sc1cccc(OC2=NOC3(C2)CN2CCC3CC2)c1. The summed E-state index contributed by atoms with van der Waals surface area (Å²) in [4.78, 5) is 9.20. The van der Waals surface area contributed by atoms with Crippen LogP contribution in [0.5, 0.6) is 5.75 Å². The lowest BCUT2D eigenvalue weighted by molar-refractivity contribution is -0.136. The Kier molecular flexibility index (Phi) is 2.93. The van der Waals surface area contributed by atoms with Crippen LogP contribution in [0.3, 0.4) is 0 Å². The molecule has 5 heteroatoms. The molecule has 4 aliphatic rings. The van der Waals surface area contributed by atoms with E-state index in [-0.39, 0.29) is 5.60 Å². The lowest BCUT2D eigenvalue weighted by Gasteiger charge is -2.49. The van der Waals surface area contributed by atoms with Crippen LogP contribution in [0.4, 0.5) is 0 Å². The topological polar surface area (TPSA) is 34.1 Å². The molecule has 0 saturated carbocycles. The molecule has 0 N–H and O–H groups in total. The van der Waals surface area contributed by atoms with E-state index in [0.29, 0.717) is 11.8 Å². The van der Waals surface area contributed by atoms with Crippen molar-refractivity contribution < 1.29 is 9.57 Å². The minimum Gasteiger partial charge on any atom is -0.440 e. The van der Waals surface area contributed by atoms with Crippen LogP contribution in [-0.2, 0) is 4.84 Å². The standard InChI is InChI=1S/C15H18N2O2S/c20-13-3-1-2-12(8-13)18-14-9-15(19-16-14)10-17-6-4-11(15)5-7-17/h1-3,8,11,20H,4-7,9-10H2. The van der Waals surface area contributed by atoms with Gasteiger partial charge >= 0.3 is 0 Å². The number of ether oxygens (including phenoxy) is 1. The van der Waals surface area contributed by atoms with E-state index in [4.69, 9.17) is 9.57 Å². The summed E-state index contributed by atoms with van der Waals surface area (Å²) in [5.74, 6) is 2.09. The van der Waals surface area contributed by atoms with Gasteiger partial charge in [-0.15, -0.1) is 12.6 Å². The van der Waals surface area contributed by atoms with E-state index in [1.54, 1.807) is 0 Å². The Hall–Kier alpha value is -1.20. The maximum absolute atomic E-state index is 5.85. The maximum atomic E-state index is 5.85. The molecule has 0 amide bonds. The fourth-order valence-electron chi connectivity index (χ4n) is 3.63. The fraction of sp³-hybridized carbons (Fsp3) is 0.533. The summed E-state index contributed by atoms with van der Waals surface area (Å²) in [6.45, 7) is 3.39. The van der Waals surface area contributed by atoms with Gasteiger partial charge in [0.2, 0.25) is 5.90 Å². The highest BCUT2D eigenvalue weighted by Gasteiger charge is 2.53. The van der Waals surface area contributed by atoms with E-state index < -0.39 is 0 Å². The van der Waals surface area contributed by atoms with Gasteiger partial charge in [-0.05, 0) is 44.1 Å². The zero-order valence-corrected chi connectivity index (χ0v) is 12.2. The molecule has 1 aromatic carbocycles. The molecule has 4 aliphatic heterocycles. The second kappa shape index (κ2) is 4.67. The number of fused-ring (bicyclic) bond motifs is 2. The van der Waals surface area contributed by atoms with E-state index in [2.05, 4.69) is 22.7 Å². The maximum Gasteiger partial charge on any atom is 0.235 e. The van der Waals surface area contributed by atoms with Gasteiger partial charge in [0.1, 0.15) is 5.75 Å². The monoisotopic (exact) mass is 290 g/mol. The van der Waals surface area contributed by atoms with Crippen molar-refractivity contribution in [2.75, 3.05) is 19.6 Å². The number of rotatable bonds is 1. The first-order valence-corrected chi connectivity index (χ1v) is 7.63. The molecule has 3 fully saturated rings. The van der Waals surface area contributed by atoms with E-state index >= 15 is 0 Å². The van der Waals surface area contributed by atoms with Gasteiger partial charge in [-0.25, -0.2) is 0 Å². The third-order valence-corrected chi connectivity index (χ3v) is 4.93. The van der Waals surface area contributed by atoms with Crippen LogP contribution in [0.15, 0.2) is 34.3 Å². The molecule has 0 aromatic heterocycles. The van der Waals surface area contributed by atoms with Gasteiger partial charge in [0, 0.05) is 17.4 Å². The van der Waals surface area contributed by atoms with Crippen LogP contribution in [0, 0.1) is 5.92 Å². The molecule has 2 bridgehead atoms. The Morgan fingerprint density at radius 1 is 1.35 bits per heavy atom. The molecular weight excluding hydrogens is 272 g/mol. The third-order valence-electron chi connectivity index (χ3n) is 4.66. The van der Waals surface area contributed by atoms with Crippen molar-refractivity contribution in [2.24, 2.45) is 11.1 Å². The van der Waals surface area contributed by atoms with Crippen molar-refractivity contribution in [3.8, 4) is 5.75 Å². The number of nitrogens with zero attached hydrogens (tertiary/aromatic N) is 2. The molecule has 5 rings (SSSR count). The summed E-state index contributed by atoms with van der Waals surface area (Å²) in [5.41, 5.74) is -0.135. The van der Waals surface area contributed by atoms with Crippen LogP contribution >= 0.6 is 12.6 Å². The average molecular weight is 290 g/mol. The number of benzene rings is 1. The molecular formula is C15H18N2O2S. The molecule has 1 spiro atoms. The van der Waals surface area contributed by atoms with Gasteiger partial charge in [-0.3, -0.25) is 4.90 Å². The summed E-state index contributed by atoms with van der Waals surface area (Å²) in [6.07, 6.45) is 3.22. The minimum atomic E-state index is -0.135. The summed E-state index contributed by atoms with van der Waals surface area (Å²) in [6, 6.07) is 7.67. The molecule has 0 radical (unpaired) electrons. The van der Waals surface area contributed by atoms with Crippen LogP contribution in [0.1, 0.15) is 19.3 Å². The van der Waals surface area contributed by atoms with Crippen LogP contribution in [0.25, 0.3) is 0 Å². The molecule has 1 unspecified atom stereocenters. The predicted octanol–water partition coefficient (Wildman–Crippen LogP) is 2.55. The zero-order chi connectivity index (χ0) is 13.6. The second-order valence-electron chi connectivity index (χ2n) is 5.97. The van der Waals surface area contributed by atoms with Crippen molar-refractivity contribution in [1.29, 1.82) is 0 Å². The first kappa shape index (κ1) is 12.5. The van der Waals surface area contributed by atoms with Gasteiger partial charge < -0.3 is 9.57 Å². The van der Waals surface area contributed by atoms with Crippen molar-refractivity contribution in [1.82, 2.24) is 4.90 Å². The molecule has 4 heterocycles. The van der Waals surface area contributed by atoms with Crippen molar-refractivity contribution in [2.45, 2.75) is 29.8 Å². The van der Waals surface area contributed by atoms with Gasteiger partial charge in [-0.2, -0.15) is 0 Å². The lowest BCUT2D eigenvalue weighted by Crippen LogP contribution is -2.59. The van der Waals surface area contributed by atoms with Gasteiger partial charge in [-0.1, -0.05) is 11.2 Å². The summed E-state index contributed by atoms with van der Waals surface area (Å²) < 4.78 is 5.85. The smallest absolute Gasteiger partial charge is 0.235 e. The Bertz CT molecular complexity index is 555. The summed E-state index contributed by atoms with van der Waals surface area (Å²) in [5, 5.41) is 4.20. The zero-order valence-electron chi connectivity index (χ0n) is 11.3. The van der Waals surface area contributed by atoms with Crippen LogP contribution in [0.2, 0.25) is 0 Å². The molecule has 20 heavy (non-hydrogen) atoms. The first-order chi connectivity index (χ1) is 9.73. The van der Waals surface area contributed by atoms with E-state index in [1.165, 1.54) is 25.9 Å². The quantitative estimate of drug-likeness (QED) is 0.807. The fourth-order valence-corrected chi connectivity index (χ4v) is 3.84. The van der Waals surface area contributed by atoms with Gasteiger partial charge in [0.05, 0.1) is 6.42 Å². The Balaban J connectivity index is 1.48. The number of thiol groups is 1. The molecule has 1 aromatic rings. The van der Waals surface area contributed by atoms with Gasteiger partial charge in [0.15, 0.2) is 5.60 Å². The lowest BCUT2D eigenvalue weighted by atomic mass is 9.74. The normalized spacial score (nSPS) is 35.0. The van der Waals surface area contributed by atoms with E-state index in [9.17, 15) is 0 Å². The predicted molar refractivity (Wildman–Crippen MR) is 79.4 cm³/mol. The van der Waals surface area contributed by atoms with E-state index in [1.807, 2.05) is 24.3 Å². The van der Waals surface area contributed by atoms with Gasteiger partial charge in [0.25, 0.3) is 0 Å². The Labute approximate surface area is 124 Å². The Morgan fingerprint density at radius 2 is 2.20 bits per heavy atom. The highest BCUT2D eigenvalue weighted by atomic mass is 32.1. The molecule has 1 atom stereocenters. The number of hydrogen-bond acceptors (Lipinski definition) is 5. The second-order valence-corrected chi connectivity index (χ2v) is 6.48. The number of piperidine rings is 3. The molecule has 3 saturated heterocycles. The highest BCUT2D eigenvalue weighted by molar-refractivity contribution is 7.80.